The first-order chi connectivity index (χ1) is 8.12. The molecule has 1 aromatic rings. The molecule has 0 aliphatic carbocycles. The Kier molecular flexibility index (Phi) is 4.90. The number of aromatic nitrogens is 1. The van der Waals surface area contributed by atoms with Gasteiger partial charge in [0.1, 0.15) is 11.4 Å². The van der Waals surface area contributed by atoms with Gasteiger partial charge in [0.15, 0.2) is 0 Å². The van der Waals surface area contributed by atoms with Crippen molar-refractivity contribution in [3.63, 3.8) is 0 Å². The van der Waals surface area contributed by atoms with Crippen molar-refractivity contribution in [2.24, 2.45) is 0 Å². The molecule has 5 nitrogen and oxygen atoms in total. The second-order valence-corrected chi connectivity index (χ2v) is 3.77. The molecule has 1 heterocycles. The molecule has 17 heavy (non-hydrogen) atoms. The maximum Gasteiger partial charge on any atom is 0.341 e. The Morgan fingerprint density at radius 3 is 2.82 bits per heavy atom. The summed E-state index contributed by atoms with van der Waals surface area (Å²) in [4.78, 5) is 15.8. The van der Waals surface area contributed by atoms with E-state index in [0.29, 0.717) is 11.4 Å². The fourth-order valence-electron chi connectivity index (χ4n) is 1.41. The van der Waals surface area contributed by atoms with Gasteiger partial charge < -0.3 is 15.2 Å². The molecule has 0 aromatic carbocycles. The molecule has 5 heteroatoms. The standard InChI is InChI=1S/C12H18N2O3/c1-4-9(7-15)14-11-10(12(16)17-3)6-5-8(2)13-11/h5-6,9,15H,4,7H2,1-3H3,(H,13,14). The average molecular weight is 238 g/mol. The van der Waals surface area contributed by atoms with Crippen LogP contribution in [0.3, 0.4) is 0 Å². The quantitative estimate of drug-likeness (QED) is 0.758. The summed E-state index contributed by atoms with van der Waals surface area (Å²) in [6, 6.07) is 3.30. The minimum Gasteiger partial charge on any atom is -0.465 e. The molecule has 94 valence electrons. The van der Waals surface area contributed by atoms with E-state index in [9.17, 15) is 4.79 Å². The lowest BCUT2D eigenvalue weighted by atomic mass is 10.2. The van der Waals surface area contributed by atoms with Crippen LogP contribution in [-0.2, 0) is 4.74 Å². The summed E-state index contributed by atoms with van der Waals surface area (Å²) < 4.78 is 4.68. The Labute approximate surface area is 101 Å². The first-order valence-corrected chi connectivity index (χ1v) is 5.55. The molecule has 0 radical (unpaired) electrons. The Hall–Kier alpha value is -1.62. The monoisotopic (exact) mass is 238 g/mol. The van der Waals surface area contributed by atoms with Crippen LogP contribution in [0.5, 0.6) is 0 Å². The first kappa shape index (κ1) is 13.4. The highest BCUT2D eigenvalue weighted by Crippen LogP contribution is 2.16. The van der Waals surface area contributed by atoms with Crippen molar-refractivity contribution < 1.29 is 14.6 Å². The van der Waals surface area contributed by atoms with Crippen LogP contribution in [0.1, 0.15) is 29.4 Å². The maximum atomic E-state index is 11.5. The molecule has 0 fully saturated rings. The van der Waals surface area contributed by atoms with Crippen LogP contribution < -0.4 is 5.32 Å². The van der Waals surface area contributed by atoms with E-state index in [-0.39, 0.29) is 12.6 Å². The molecular formula is C12H18N2O3. The Morgan fingerprint density at radius 2 is 2.29 bits per heavy atom. The molecule has 1 aromatic heterocycles. The van der Waals surface area contributed by atoms with E-state index >= 15 is 0 Å². The summed E-state index contributed by atoms with van der Waals surface area (Å²) in [5.41, 5.74) is 1.18. The average Bonchev–Trinajstić information content (AvgIpc) is 2.35. The zero-order chi connectivity index (χ0) is 12.8. The topological polar surface area (TPSA) is 71.5 Å². The zero-order valence-corrected chi connectivity index (χ0v) is 10.4. The van der Waals surface area contributed by atoms with E-state index in [4.69, 9.17) is 5.11 Å². The lowest BCUT2D eigenvalue weighted by Crippen LogP contribution is -2.25. The molecule has 0 aliphatic rings. The molecule has 1 atom stereocenters. The number of carbonyl (C=O) groups is 1. The SMILES string of the molecule is CCC(CO)Nc1nc(C)ccc1C(=O)OC. The van der Waals surface area contributed by atoms with Crippen molar-refractivity contribution in [1.82, 2.24) is 4.98 Å². The predicted molar refractivity (Wildman–Crippen MR) is 65.1 cm³/mol. The fraction of sp³-hybridized carbons (Fsp3) is 0.500. The summed E-state index contributed by atoms with van der Waals surface area (Å²) in [5, 5.41) is 12.2. The van der Waals surface area contributed by atoms with E-state index in [1.807, 2.05) is 13.8 Å². The van der Waals surface area contributed by atoms with Crippen molar-refractivity contribution in [2.75, 3.05) is 19.0 Å². The largest absolute Gasteiger partial charge is 0.465 e. The van der Waals surface area contributed by atoms with E-state index in [1.54, 1.807) is 12.1 Å². The number of esters is 1. The molecule has 2 N–H and O–H groups in total. The smallest absolute Gasteiger partial charge is 0.341 e. The molecule has 0 saturated carbocycles. The van der Waals surface area contributed by atoms with Gasteiger partial charge in [-0.1, -0.05) is 6.92 Å². The number of ether oxygens (including phenoxy) is 1. The Morgan fingerprint density at radius 1 is 1.59 bits per heavy atom. The van der Waals surface area contributed by atoms with E-state index in [1.165, 1.54) is 7.11 Å². The Balaban J connectivity index is 3.02. The number of aliphatic hydroxyl groups excluding tert-OH is 1. The van der Waals surface area contributed by atoms with E-state index in [2.05, 4.69) is 15.0 Å². The molecule has 1 unspecified atom stereocenters. The second-order valence-electron chi connectivity index (χ2n) is 3.77. The molecule has 1 rings (SSSR count). The number of pyridine rings is 1. The second kappa shape index (κ2) is 6.20. The number of anilines is 1. The molecule has 0 spiro atoms. The number of methoxy groups -OCH3 is 1. The van der Waals surface area contributed by atoms with E-state index < -0.39 is 5.97 Å². The highest BCUT2D eigenvalue weighted by atomic mass is 16.5. The lowest BCUT2D eigenvalue weighted by Gasteiger charge is -2.17. The predicted octanol–water partition coefficient (Wildman–Crippen LogP) is 1.36. The normalized spacial score (nSPS) is 12.0. The molecule has 0 amide bonds. The van der Waals surface area contributed by atoms with Crippen molar-refractivity contribution in [2.45, 2.75) is 26.3 Å². The highest BCUT2D eigenvalue weighted by molar-refractivity contribution is 5.94. The van der Waals surface area contributed by atoms with Crippen LogP contribution in [0.25, 0.3) is 0 Å². The molecule has 0 saturated heterocycles. The van der Waals surface area contributed by atoms with Gasteiger partial charge in [0.05, 0.1) is 19.8 Å². The van der Waals surface area contributed by atoms with Gasteiger partial charge in [0.25, 0.3) is 0 Å². The number of nitrogens with one attached hydrogen (secondary N) is 1. The van der Waals surface area contributed by atoms with Crippen molar-refractivity contribution >= 4 is 11.8 Å². The number of hydrogen-bond acceptors (Lipinski definition) is 5. The fourth-order valence-corrected chi connectivity index (χ4v) is 1.41. The first-order valence-electron chi connectivity index (χ1n) is 5.55. The minimum atomic E-state index is -0.437. The van der Waals surface area contributed by atoms with Gasteiger partial charge in [-0.2, -0.15) is 0 Å². The van der Waals surface area contributed by atoms with Gasteiger partial charge in [-0.25, -0.2) is 9.78 Å². The van der Waals surface area contributed by atoms with Crippen LogP contribution in [0, 0.1) is 6.92 Å². The maximum absolute atomic E-state index is 11.5. The summed E-state index contributed by atoms with van der Waals surface area (Å²) in [5.74, 6) is 0.0190. The highest BCUT2D eigenvalue weighted by Gasteiger charge is 2.15. The van der Waals surface area contributed by atoms with Crippen molar-refractivity contribution in [3.8, 4) is 0 Å². The number of carbonyl (C=O) groups excluding carboxylic acids is 1. The summed E-state index contributed by atoms with van der Waals surface area (Å²) in [6.45, 7) is 3.78. The lowest BCUT2D eigenvalue weighted by molar-refractivity contribution is 0.0601. The summed E-state index contributed by atoms with van der Waals surface area (Å²) >= 11 is 0. The summed E-state index contributed by atoms with van der Waals surface area (Å²) in [6.07, 6.45) is 0.743. The van der Waals surface area contributed by atoms with Gasteiger partial charge in [0, 0.05) is 5.69 Å². The number of aliphatic hydroxyl groups is 1. The van der Waals surface area contributed by atoms with Crippen LogP contribution >= 0.6 is 0 Å². The third kappa shape index (κ3) is 3.42. The van der Waals surface area contributed by atoms with Gasteiger partial charge in [-0.05, 0) is 25.5 Å². The number of hydrogen-bond donors (Lipinski definition) is 2. The van der Waals surface area contributed by atoms with Crippen LogP contribution in [0.15, 0.2) is 12.1 Å². The molecular weight excluding hydrogens is 220 g/mol. The zero-order valence-electron chi connectivity index (χ0n) is 10.4. The number of rotatable bonds is 5. The molecule has 0 aliphatic heterocycles. The third-order valence-electron chi connectivity index (χ3n) is 2.49. The van der Waals surface area contributed by atoms with E-state index in [0.717, 1.165) is 12.1 Å². The van der Waals surface area contributed by atoms with Gasteiger partial charge in [-0.15, -0.1) is 0 Å². The van der Waals surface area contributed by atoms with Crippen molar-refractivity contribution in [1.29, 1.82) is 0 Å². The van der Waals surface area contributed by atoms with Crippen LogP contribution in [-0.4, -0.2) is 35.8 Å². The van der Waals surface area contributed by atoms with Gasteiger partial charge in [0.2, 0.25) is 0 Å². The van der Waals surface area contributed by atoms with Crippen molar-refractivity contribution in [3.05, 3.63) is 23.4 Å². The number of aryl methyl sites for hydroxylation is 1. The summed E-state index contributed by atoms with van der Waals surface area (Å²) in [7, 11) is 1.33. The minimum absolute atomic E-state index is 0.00721. The third-order valence-corrected chi connectivity index (χ3v) is 2.49. The number of nitrogens with zero attached hydrogens (tertiary/aromatic N) is 1. The van der Waals surface area contributed by atoms with Gasteiger partial charge in [-0.3, -0.25) is 0 Å². The van der Waals surface area contributed by atoms with Crippen LogP contribution in [0.4, 0.5) is 5.82 Å². The Bertz CT molecular complexity index is 389. The van der Waals surface area contributed by atoms with Crippen LogP contribution in [0.2, 0.25) is 0 Å². The van der Waals surface area contributed by atoms with Gasteiger partial charge >= 0.3 is 5.97 Å². The molecule has 0 bridgehead atoms.